The van der Waals surface area contributed by atoms with Crippen LogP contribution in [-0.4, -0.2) is 33.2 Å². The zero-order chi connectivity index (χ0) is 13.7. The van der Waals surface area contributed by atoms with E-state index in [0.29, 0.717) is 5.75 Å². The monoisotopic (exact) mass is 261 g/mol. The Balaban J connectivity index is 2.98. The lowest BCUT2D eigenvalue weighted by molar-refractivity contribution is 0.0160. The largest absolute Gasteiger partial charge is 0.493 e. The maximum absolute atomic E-state index is 11.9. The molecular formula is C11H13F2NO4. The number of carbonyl (C=O) groups is 1. The van der Waals surface area contributed by atoms with Crippen molar-refractivity contribution in [3.63, 3.8) is 0 Å². The van der Waals surface area contributed by atoms with E-state index in [0.717, 1.165) is 0 Å². The first-order valence-corrected chi connectivity index (χ1v) is 4.96. The van der Waals surface area contributed by atoms with Gasteiger partial charge in [-0.2, -0.15) is 0 Å². The third-order valence-electron chi connectivity index (χ3n) is 2.12. The molecule has 0 heterocycles. The molecule has 0 unspecified atom stereocenters. The van der Waals surface area contributed by atoms with Crippen LogP contribution in [0.2, 0.25) is 0 Å². The van der Waals surface area contributed by atoms with Crippen LogP contribution in [0.5, 0.6) is 11.5 Å². The van der Waals surface area contributed by atoms with Crippen molar-refractivity contribution >= 4 is 11.7 Å². The zero-order valence-corrected chi connectivity index (χ0v) is 9.91. The van der Waals surface area contributed by atoms with Crippen LogP contribution in [-0.2, 0) is 4.74 Å². The van der Waals surface area contributed by atoms with E-state index in [2.05, 4.69) is 4.74 Å². The zero-order valence-electron chi connectivity index (χ0n) is 9.91. The summed E-state index contributed by atoms with van der Waals surface area (Å²) in [5.41, 5.74) is 5.62. The highest BCUT2D eigenvalue weighted by atomic mass is 19.3. The lowest BCUT2D eigenvalue weighted by atomic mass is 10.1. The van der Waals surface area contributed by atoms with E-state index in [1.54, 1.807) is 0 Å². The molecule has 0 aliphatic rings. The Bertz CT molecular complexity index is 437. The first-order valence-electron chi connectivity index (χ1n) is 4.96. The summed E-state index contributed by atoms with van der Waals surface area (Å²) in [6.45, 7) is -0.980. The molecule has 0 aromatic heterocycles. The highest BCUT2D eigenvalue weighted by molar-refractivity contribution is 5.96. The molecule has 0 saturated carbocycles. The van der Waals surface area contributed by atoms with E-state index >= 15 is 0 Å². The summed E-state index contributed by atoms with van der Waals surface area (Å²) in [5.74, 6) is -0.343. The molecule has 18 heavy (non-hydrogen) atoms. The molecule has 0 fully saturated rings. The minimum atomic E-state index is -2.73. The molecule has 0 radical (unpaired) electrons. The molecule has 0 bridgehead atoms. The number of carbonyl (C=O) groups excluding carboxylic acids is 1. The van der Waals surface area contributed by atoms with Crippen LogP contribution in [0.15, 0.2) is 12.1 Å². The van der Waals surface area contributed by atoms with E-state index in [-0.39, 0.29) is 17.0 Å². The third kappa shape index (κ3) is 3.22. The molecule has 5 nitrogen and oxygen atoms in total. The standard InChI is InChI=1S/C11H13F2NO4/c1-16-8-3-6(7(14)4-9(8)17-2)11(15)18-5-10(12)13/h3-4,10H,5,14H2,1-2H3. The van der Waals surface area contributed by atoms with E-state index < -0.39 is 19.0 Å². The maximum Gasteiger partial charge on any atom is 0.340 e. The van der Waals surface area contributed by atoms with Gasteiger partial charge in [-0.25, -0.2) is 13.6 Å². The van der Waals surface area contributed by atoms with E-state index in [9.17, 15) is 13.6 Å². The van der Waals surface area contributed by atoms with Gasteiger partial charge in [-0.15, -0.1) is 0 Å². The second-order valence-electron chi connectivity index (χ2n) is 3.28. The Morgan fingerprint density at radius 3 is 2.33 bits per heavy atom. The minimum Gasteiger partial charge on any atom is -0.493 e. The van der Waals surface area contributed by atoms with Gasteiger partial charge in [-0.05, 0) is 0 Å². The fraction of sp³-hybridized carbons (Fsp3) is 0.364. The number of benzene rings is 1. The second-order valence-corrected chi connectivity index (χ2v) is 3.28. The van der Waals surface area contributed by atoms with Crippen molar-refractivity contribution in [2.24, 2.45) is 0 Å². The average molecular weight is 261 g/mol. The molecule has 0 amide bonds. The number of anilines is 1. The maximum atomic E-state index is 11.9. The molecule has 100 valence electrons. The first-order chi connectivity index (χ1) is 8.49. The first kappa shape index (κ1) is 14.0. The SMILES string of the molecule is COc1cc(N)c(C(=O)OCC(F)F)cc1OC. The number of rotatable bonds is 5. The molecule has 7 heteroatoms. The molecule has 0 saturated heterocycles. The van der Waals surface area contributed by atoms with Crippen molar-refractivity contribution in [1.29, 1.82) is 0 Å². The topological polar surface area (TPSA) is 70.8 Å². The van der Waals surface area contributed by atoms with E-state index in [1.165, 1.54) is 26.4 Å². The van der Waals surface area contributed by atoms with Gasteiger partial charge in [-0.1, -0.05) is 0 Å². The van der Waals surface area contributed by atoms with Crippen molar-refractivity contribution in [3.8, 4) is 11.5 Å². The summed E-state index contributed by atoms with van der Waals surface area (Å²) in [5, 5.41) is 0. The van der Waals surface area contributed by atoms with Gasteiger partial charge in [0, 0.05) is 12.1 Å². The summed E-state index contributed by atoms with van der Waals surface area (Å²) < 4.78 is 38.2. The molecule has 0 spiro atoms. The molecule has 0 atom stereocenters. The second kappa shape index (κ2) is 6.04. The van der Waals surface area contributed by atoms with Crippen molar-refractivity contribution in [1.82, 2.24) is 0 Å². The van der Waals surface area contributed by atoms with Gasteiger partial charge in [0.15, 0.2) is 18.1 Å². The highest BCUT2D eigenvalue weighted by Gasteiger charge is 2.17. The number of halogens is 2. The number of ether oxygens (including phenoxy) is 3. The van der Waals surface area contributed by atoms with Crippen LogP contribution in [0, 0.1) is 0 Å². The molecule has 1 aromatic rings. The number of hydrogen-bond acceptors (Lipinski definition) is 5. The normalized spacial score (nSPS) is 10.3. The lowest BCUT2D eigenvalue weighted by Crippen LogP contribution is -2.13. The number of alkyl halides is 2. The van der Waals surface area contributed by atoms with Gasteiger partial charge in [-0.3, -0.25) is 0 Å². The highest BCUT2D eigenvalue weighted by Crippen LogP contribution is 2.32. The number of nitrogens with two attached hydrogens (primary N) is 1. The Morgan fingerprint density at radius 2 is 1.83 bits per heavy atom. The third-order valence-corrected chi connectivity index (χ3v) is 2.12. The van der Waals surface area contributed by atoms with Crippen LogP contribution in [0.25, 0.3) is 0 Å². The number of methoxy groups -OCH3 is 2. The predicted molar refractivity (Wildman–Crippen MR) is 60.2 cm³/mol. The van der Waals surface area contributed by atoms with Gasteiger partial charge in [0.2, 0.25) is 0 Å². The summed E-state index contributed by atoms with van der Waals surface area (Å²) in [4.78, 5) is 11.5. The summed E-state index contributed by atoms with van der Waals surface area (Å²) >= 11 is 0. The van der Waals surface area contributed by atoms with Gasteiger partial charge in [0.25, 0.3) is 6.43 Å². The van der Waals surface area contributed by atoms with Crippen molar-refractivity contribution in [2.45, 2.75) is 6.43 Å². The average Bonchev–Trinajstić information content (AvgIpc) is 2.35. The summed E-state index contributed by atoms with van der Waals surface area (Å²) in [6, 6.07) is 2.64. The number of hydrogen-bond donors (Lipinski definition) is 1. The molecule has 0 aliphatic carbocycles. The molecular weight excluding hydrogens is 248 g/mol. The van der Waals surface area contributed by atoms with Crippen molar-refractivity contribution < 1.29 is 27.8 Å². The minimum absolute atomic E-state index is 0.0479. The predicted octanol–water partition coefficient (Wildman–Crippen LogP) is 1.71. The Hall–Kier alpha value is -2.05. The molecule has 1 rings (SSSR count). The van der Waals surface area contributed by atoms with Crippen LogP contribution in [0.4, 0.5) is 14.5 Å². The fourth-order valence-electron chi connectivity index (χ4n) is 1.29. The molecule has 0 aliphatic heterocycles. The molecule has 1 aromatic carbocycles. The quantitative estimate of drug-likeness (QED) is 0.645. The summed E-state index contributed by atoms with van der Waals surface area (Å²) in [7, 11) is 2.79. The van der Waals surface area contributed by atoms with E-state index in [1.807, 2.05) is 0 Å². The van der Waals surface area contributed by atoms with Gasteiger partial charge in [0.1, 0.15) is 0 Å². The smallest absolute Gasteiger partial charge is 0.340 e. The Labute approximate surface area is 102 Å². The van der Waals surface area contributed by atoms with Crippen LogP contribution < -0.4 is 15.2 Å². The van der Waals surface area contributed by atoms with E-state index in [4.69, 9.17) is 15.2 Å². The number of nitrogen functional groups attached to an aromatic ring is 1. The summed E-state index contributed by atoms with van der Waals surface area (Å²) in [6.07, 6.45) is -2.73. The number of esters is 1. The van der Waals surface area contributed by atoms with Crippen LogP contribution in [0.1, 0.15) is 10.4 Å². The van der Waals surface area contributed by atoms with Gasteiger partial charge < -0.3 is 19.9 Å². The van der Waals surface area contributed by atoms with Gasteiger partial charge >= 0.3 is 5.97 Å². The van der Waals surface area contributed by atoms with Crippen LogP contribution in [0.3, 0.4) is 0 Å². The molecule has 2 N–H and O–H groups in total. The fourth-order valence-corrected chi connectivity index (χ4v) is 1.29. The van der Waals surface area contributed by atoms with Gasteiger partial charge in [0.05, 0.1) is 25.5 Å². The lowest BCUT2D eigenvalue weighted by Gasteiger charge is -2.12. The van der Waals surface area contributed by atoms with Crippen LogP contribution >= 0.6 is 0 Å². The van der Waals surface area contributed by atoms with Crippen molar-refractivity contribution in [3.05, 3.63) is 17.7 Å². The van der Waals surface area contributed by atoms with Crippen molar-refractivity contribution in [2.75, 3.05) is 26.6 Å². The Morgan fingerprint density at radius 1 is 1.28 bits per heavy atom. The Kier molecular flexibility index (Phi) is 4.70.